The van der Waals surface area contributed by atoms with Crippen LogP contribution in [0, 0.1) is 11.3 Å². The Labute approximate surface area is 182 Å². The van der Waals surface area contributed by atoms with Crippen molar-refractivity contribution in [1.29, 1.82) is 5.26 Å². The summed E-state index contributed by atoms with van der Waals surface area (Å²) >= 11 is 3.43. The Bertz CT molecular complexity index is 1400. The number of anilines is 2. The van der Waals surface area contributed by atoms with Gasteiger partial charge in [-0.1, -0.05) is 0 Å². The topological polar surface area (TPSA) is 67.7 Å². The number of nitrogens with zero attached hydrogens (tertiary/aromatic N) is 3. The van der Waals surface area contributed by atoms with Gasteiger partial charge in [0, 0.05) is 56.2 Å². The molecule has 5 rings (SSSR count). The van der Waals surface area contributed by atoms with Crippen LogP contribution in [-0.2, 0) is 6.54 Å². The molecule has 5 nitrogen and oxygen atoms in total. The van der Waals surface area contributed by atoms with Crippen LogP contribution in [0.15, 0.2) is 54.2 Å². The van der Waals surface area contributed by atoms with Crippen LogP contribution >= 0.6 is 22.7 Å². The first kappa shape index (κ1) is 18.8. The monoisotopic (exact) mass is 429 g/mol. The number of pyridine rings is 1. The number of thiophene rings is 2. The van der Waals surface area contributed by atoms with E-state index in [2.05, 4.69) is 63.9 Å². The van der Waals surface area contributed by atoms with Gasteiger partial charge in [0.15, 0.2) is 0 Å². The third-order valence-electron chi connectivity index (χ3n) is 4.92. The molecule has 0 saturated heterocycles. The van der Waals surface area contributed by atoms with E-state index in [0.29, 0.717) is 5.56 Å². The van der Waals surface area contributed by atoms with Crippen LogP contribution in [0.25, 0.3) is 31.6 Å². The van der Waals surface area contributed by atoms with E-state index < -0.39 is 0 Å². The summed E-state index contributed by atoms with van der Waals surface area (Å²) in [6, 6.07) is 14.9. The Hall–Kier alpha value is -3.18. The van der Waals surface area contributed by atoms with Crippen molar-refractivity contribution < 1.29 is 0 Å². The SMILES string of the molecule is CN(C)Cc1cc(-c2cc3c(Nc4ccc5[nH]ccc5c4)c(C#N)cnc3s2)cs1. The Morgan fingerprint density at radius 2 is 2.10 bits per heavy atom. The lowest BCUT2D eigenvalue weighted by Crippen LogP contribution is -2.09. The van der Waals surface area contributed by atoms with Crippen LogP contribution in [0.2, 0.25) is 0 Å². The third kappa shape index (κ3) is 3.46. The van der Waals surface area contributed by atoms with Crippen LogP contribution in [-0.4, -0.2) is 29.0 Å². The van der Waals surface area contributed by atoms with Crippen LogP contribution in [0.5, 0.6) is 0 Å². The van der Waals surface area contributed by atoms with E-state index in [-0.39, 0.29) is 0 Å². The molecule has 0 radical (unpaired) electrons. The molecular weight excluding hydrogens is 410 g/mol. The molecule has 0 atom stereocenters. The molecule has 148 valence electrons. The second-order valence-corrected chi connectivity index (χ2v) is 9.46. The Balaban J connectivity index is 1.56. The first-order valence-corrected chi connectivity index (χ1v) is 11.2. The molecule has 0 aliphatic carbocycles. The van der Waals surface area contributed by atoms with E-state index in [4.69, 9.17) is 0 Å². The van der Waals surface area contributed by atoms with Gasteiger partial charge < -0.3 is 15.2 Å². The summed E-state index contributed by atoms with van der Waals surface area (Å²) in [5.41, 5.74) is 4.59. The minimum atomic E-state index is 0.541. The average molecular weight is 430 g/mol. The number of fused-ring (bicyclic) bond motifs is 2. The normalized spacial score (nSPS) is 11.4. The average Bonchev–Trinajstić information content (AvgIpc) is 3.46. The maximum absolute atomic E-state index is 9.67. The predicted molar refractivity (Wildman–Crippen MR) is 127 cm³/mol. The van der Waals surface area contributed by atoms with Gasteiger partial charge >= 0.3 is 0 Å². The van der Waals surface area contributed by atoms with Crippen LogP contribution < -0.4 is 5.32 Å². The number of aromatic nitrogens is 2. The molecule has 0 bridgehead atoms. The highest BCUT2D eigenvalue weighted by atomic mass is 32.1. The molecule has 0 saturated carbocycles. The minimum absolute atomic E-state index is 0.541. The molecule has 0 aliphatic rings. The van der Waals surface area contributed by atoms with Gasteiger partial charge in [0.2, 0.25) is 0 Å². The summed E-state index contributed by atoms with van der Waals surface area (Å²) in [6.07, 6.45) is 3.58. The number of H-pyrrole nitrogens is 1. The maximum atomic E-state index is 9.67. The lowest BCUT2D eigenvalue weighted by atomic mass is 10.1. The van der Waals surface area contributed by atoms with Crippen molar-refractivity contribution in [2.45, 2.75) is 6.54 Å². The number of rotatable bonds is 5. The van der Waals surface area contributed by atoms with Crippen molar-refractivity contribution in [2.24, 2.45) is 0 Å². The highest BCUT2D eigenvalue weighted by Crippen LogP contribution is 2.39. The van der Waals surface area contributed by atoms with Gasteiger partial charge in [-0.25, -0.2) is 4.98 Å². The van der Waals surface area contributed by atoms with Crippen LogP contribution in [0.1, 0.15) is 10.4 Å². The molecule has 0 amide bonds. The zero-order valence-electron chi connectivity index (χ0n) is 16.6. The number of nitriles is 1. The van der Waals surface area contributed by atoms with Gasteiger partial charge in [-0.15, -0.1) is 22.7 Å². The molecule has 7 heteroatoms. The molecule has 1 aromatic carbocycles. The van der Waals surface area contributed by atoms with Gasteiger partial charge in [-0.05, 0) is 55.9 Å². The van der Waals surface area contributed by atoms with Crippen LogP contribution in [0.3, 0.4) is 0 Å². The summed E-state index contributed by atoms with van der Waals surface area (Å²) in [5.74, 6) is 0. The van der Waals surface area contributed by atoms with E-state index in [1.54, 1.807) is 28.9 Å². The van der Waals surface area contributed by atoms with E-state index in [1.807, 2.05) is 24.4 Å². The number of aromatic amines is 1. The number of hydrogen-bond donors (Lipinski definition) is 2. The fourth-order valence-electron chi connectivity index (χ4n) is 3.53. The van der Waals surface area contributed by atoms with E-state index in [9.17, 15) is 5.26 Å². The Morgan fingerprint density at radius 1 is 1.20 bits per heavy atom. The predicted octanol–water partition coefficient (Wildman–Crippen LogP) is 6.18. The summed E-state index contributed by atoms with van der Waals surface area (Å²) in [7, 11) is 4.16. The molecular formula is C23H19N5S2. The van der Waals surface area contributed by atoms with Crippen molar-refractivity contribution in [3.05, 3.63) is 64.6 Å². The molecule has 4 heterocycles. The number of hydrogen-bond acceptors (Lipinski definition) is 6. The lowest BCUT2D eigenvalue weighted by Gasteiger charge is -2.09. The molecule has 0 spiro atoms. The zero-order chi connectivity index (χ0) is 20.7. The van der Waals surface area contributed by atoms with Crippen molar-refractivity contribution in [2.75, 3.05) is 19.4 Å². The standard InChI is InChI=1S/C23H19N5S2/c1-28(2)12-18-8-15(13-29-18)21-9-19-22(16(10-24)11-26-23(19)30-21)27-17-3-4-20-14(7-17)5-6-25-20/h3-9,11,13,25H,12H2,1-2H3,(H,26,27). The second kappa shape index (κ2) is 7.58. The molecule has 0 aliphatic heterocycles. The highest BCUT2D eigenvalue weighted by Gasteiger charge is 2.15. The van der Waals surface area contributed by atoms with Crippen molar-refractivity contribution >= 4 is 55.2 Å². The van der Waals surface area contributed by atoms with Crippen molar-refractivity contribution in [3.8, 4) is 16.5 Å². The van der Waals surface area contributed by atoms with E-state index in [0.717, 1.165) is 43.9 Å². The quantitative estimate of drug-likeness (QED) is 0.350. The summed E-state index contributed by atoms with van der Waals surface area (Å²) in [4.78, 5) is 13.3. The number of benzene rings is 1. The molecule has 0 unspecified atom stereocenters. The lowest BCUT2D eigenvalue weighted by molar-refractivity contribution is 0.406. The molecule has 2 N–H and O–H groups in total. The highest BCUT2D eigenvalue weighted by molar-refractivity contribution is 7.22. The van der Waals surface area contributed by atoms with Gasteiger partial charge in [0.25, 0.3) is 0 Å². The first-order chi connectivity index (χ1) is 14.6. The third-order valence-corrected chi connectivity index (χ3v) is 6.93. The van der Waals surface area contributed by atoms with Gasteiger partial charge in [0.1, 0.15) is 10.9 Å². The van der Waals surface area contributed by atoms with Crippen molar-refractivity contribution in [3.63, 3.8) is 0 Å². The van der Waals surface area contributed by atoms with Gasteiger partial charge in [-0.3, -0.25) is 0 Å². The second-order valence-electron chi connectivity index (χ2n) is 7.43. The largest absolute Gasteiger partial charge is 0.361 e. The summed E-state index contributed by atoms with van der Waals surface area (Å²) in [5, 5.41) is 17.4. The Kier molecular flexibility index (Phi) is 4.75. The summed E-state index contributed by atoms with van der Waals surface area (Å²) in [6.45, 7) is 0.931. The van der Waals surface area contributed by atoms with Crippen LogP contribution in [0.4, 0.5) is 11.4 Å². The van der Waals surface area contributed by atoms with E-state index >= 15 is 0 Å². The molecule has 4 aromatic heterocycles. The van der Waals surface area contributed by atoms with Gasteiger partial charge in [-0.2, -0.15) is 5.26 Å². The van der Waals surface area contributed by atoms with Gasteiger partial charge in [0.05, 0.1) is 11.3 Å². The Morgan fingerprint density at radius 3 is 2.93 bits per heavy atom. The first-order valence-electron chi connectivity index (χ1n) is 9.50. The smallest absolute Gasteiger partial charge is 0.126 e. The zero-order valence-corrected chi connectivity index (χ0v) is 18.2. The van der Waals surface area contributed by atoms with E-state index in [1.165, 1.54) is 10.4 Å². The number of nitrogens with one attached hydrogen (secondary N) is 2. The minimum Gasteiger partial charge on any atom is -0.361 e. The molecule has 30 heavy (non-hydrogen) atoms. The molecule has 0 fully saturated rings. The molecule has 5 aromatic rings. The fourth-order valence-corrected chi connectivity index (χ4v) is 5.60. The fraction of sp³-hybridized carbons (Fsp3) is 0.130. The maximum Gasteiger partial charge on any atom is 0.126 e. The van der Waals surface area contributed by atoms with Crippen molar-refractivity contribution in [1.82, 2.24) is 14.9 Å². The summed E-state index contributed by atoms with van der Waals surface area (Å²) < 4.78 is 0.